The number of likely N-dealkylation sites (tertiary alicyclic amines) is 1. The molecular weight excluding hydrogens is 526 g/mol. The fraction of sp³-hybridized carbons (Fsp3) is 0.353. The van der Waals surface area contributed by atoms with Gasteiger partial charge in [0.15, 0.2) is 0 Å². The highest BCUT2D eigenvalue weighted by Gasteiger charge is 2.24. The summed E-state index contributed by atoms with van der Waals surface area (Å²) >= 11 is 0. The highest BCUT2D eigenvalue weighted by molar-refractivity contribution is 5.74. The number of para-hydroxylation sites is 1. The van der Waals surface area contributed by atoms with Crippen LogP contribution in [-0.2, 0) is 17.6 Å². The van der Waals surface area contributed by atoms with Crippen LogP contribution >= 0.6 is 0 Å². The van der Waals surface area contributed by atoms with Crippen molar-refractivity contribution in [3.05, 3.63) is 100 Å². The lowest BCUT2D eigenvalue weighted by atomic mass is 9.95. The fourth-order valence-electron chi connectivity index (χ4n) is 6.33. The van der Waals surface area contributed by atoms with Crippen molar-refractivity contribution in [1.29, 1.82) is 0 Å². The van der Waals surface area contributed by atoms with Crippen LogP contribution in [0.25, 0.3) is 11.3 Å². The Kier molecular flexibility index (Phi) is 7.64. The van der Waals surface area contributed by atoms with Crippen LogP contribution in [0.4, 0.5) is 11.4 Å². The van der Waals surface area contributed by atoms with Crippen molar-refractivity contribution in [3.8, 4) is 22.8 Å². The molecule has 0 amide bonds. The highest BCUT2D eigenvalue weighted by Crippen LogP contribution is 2.43. The van der Waals surface area contributed by atoms with Crippen LogP contribution in [0, 0.1) is 0 Å². The summed E-state index contributed by atoms with van der Waals surface area (Å²) in [6.45, 7) is 6.23. The zero-order chi connectivity index (χ0) is 28.3. The van der Waals surface area contributed by atoms with Gasteiger partial charge in [-0.25, -0.2) is 0 Å². The number of pyridine rings is 2. The van der Waals surface area contributed by atoms with E-state index in [1.807, 2.05) is 24.5 Å². The van der Waals surface area contributed by atoms with E-state index in [1.165, 1.54) is 11.1 Å². The molecule has 2 saturated heterocycles. The van der Waals surface area contributed by atoms with Crippen molar-refractivity contribution in [2.75, 3.05) is 56.2 Å². The molecule has 2 N–H and O–H groups in total. The Bertz CT molecular complexity index is 1590. The smallest absolute Gasteiger partial charge is 0.250 e. The minimum absolute atomic E-state index is 0.113. The lowest BCUT2D eigenvalue weighted by Crippen LogP contribution is -2.40. The molecule has 0 aliphatic carbocycles. The van der Waals surface area contributed by atoms with Gasteiger partial charge in [-0.05, 0) is 72.9 Å². The number of fused-ring (bicyclic) bond motifs is 2. The second-order valence-corrected chi connectivity index (χ2v) is 11.5. The number of ether oxygens (including phenoxy) is 2. The molecule has 216 valence electrons. The van der Waals surface area contributed by atoms with E-state index < -0.39 is 0 Å². The van der Waals surface area contributed by atoms with E-state index in [1.54, 1.807) is 6.07 Å². The minimum Gasteiger partial charge on any atom is -0.456 e. The normalized spacial score (nSPS) is 17.3. The van der Waals surface area contributed by atoms with E-state index in [4.69, 9.17) is 9.47 Å². The third-order valence-electron chi connectivity index (χ3n) is 8.67. The maximum atomic E-state index is 12.6. The van der Waals surface area contributed by atoms with Crippen LogP contribution in [0.5, 0.6) is 11.5 Å². The van der Waals surface area contributed by atoms with Crippen molar-refractivity contribution < 1.29 is 9.47 Å². The number of anilines is 2. The summed E-state index contributed by atoms with van der Waals surface area (Å²) in [5.41, 5.74) is 7.28. The average Bonchev–Trinajstić information content (AvgIpc) is 3.04. The predicted octanol–water partition coefficient (Wildman–Crippen LogP) is 5.09. The molecule has 0 unspecified atom stereocenters. The summed E-state index contributed by atoms with van der Waals surface area (Å²) in [5.74, 6) is 1.69. The largest absolute Gasteiger partial charge is 0.456 e. The Balaban J connectivity index is 1.02. The lowest BCUT2D eigenvalue weighted by Gasteiger charge is -2.33. The monoisotopic (exact) mass is 563 g/mol. The van der Waals surface area contributed by atoms with Gasteiger partial charge in [0, 0.05) is 86.1 Å². The fourth-order valence-corrected chi connectivity index (χ4v) is 6.33. The van der Waals surface area contributed by atoms with E-state index in [0.29, 0.717) is 19.3 Å². The number of benzene rings is 2. The highest BCUT2D eigenvalue weighted by atomic mass is 16.5. The van der Waals surface area contributed by atoms with Gasteiger partial charge in [0.1, 0.15) is 11.5 Å². The van der Waals surface area contributed by atoms with Crippen molar-refractivity contribution in [2.45, 2.75) is 31.7 Å². The topological polar surface area (TPSA) is 82.7 Å². The number of nitrogens with zero attached hydrogens (tertiary/aromatic N) is 3. The van der Waals surface area contributed by atoms with Crippen LogP contribution in [0.3, 0.4) is 0 Å². The quantitative estimate of drug-likeness (QED) is 0.286. The summed E-state index contributed by atoms with van der Waals surface area (Å²) in [6.07, 6.45) is 7.88. The van der Waals surface area contributed by atoms with E-state index in [2.05, 4.69) is 67.5 Å². The van der Waals surface area contributed by atoms with Crippen LogP contribution in [0.2, 0.25) is 0 Å². The zero-order valence-corrected chi connectivity index (χ0v) is 23.9. The van der Waals surface area contributed by atoms with Crippen LogP contribution in [0.15, 0.2) is 77.9 Å². The molecule has 8 heteroatoms. The molecule has 3 aliphatic heterocycles. The number of nitrogens with one attached hydrogen (secondary N) is 2. The standard InChI is InChI=1S/C34H37N5O3/c40-33-23-29(39-16-18-41-19-17-39)22-31(37-33)30-3-1-2-25-20-26-21-28(4-5-32(26)42-34(25)30)36-27-9-14-38(15-10-27)13-8-24-6-11-35-12-7-24/h1-7,11-12,21-23,27,36H,8-10,13-20H2,(H,37,40). The molecular formula is C34H37N5O3. The van der Waals surface area contributed by atoms with Crippen molar-refractivity contribution in [2.24, 2.45) is 0 Å². The van der Waals surface area contributed by atoms with Crippen LogP contribution in [-0.4, -0.2) is 66.8 Å². The first-order valence-corrected chi connectivity index (χ1v) is 15.1. The molecule has 0 bridgehead atoms. The molecule has 7 rings (SSSR count). The molecule has 2 aromatic heterocycles. The van der Waals surface area contributed by atoms with Gasteiger partial charge in [0.25, 0.3) is 0 Å². The zero-order valence-electron chi connectivity index (χ0n) is 23.9. The molecule has 8 nitrogen and oxygen atoms in total. The summed E-state index contributed by atoms with van der Waals surface area (Å²) < 4.78 is 12.0. The summed E-state index contributed by atoms with van der Waals surface area (Å²) in [6, 6.07) is 21.0. The van der Waals surface area contributed by atoms with E-state index in [9.17, 15) is 4.79 Å². The average molecular weight is 564 g/mol. The maximum Gasteiger partial charge on any atom is 0.250 e. The van der Waals surface area contributed by atoms with E-state index in [-0.39, 0.29) is 5.56 Å². The van der Waals surface area contributed by atoms with Gasteiger partial charge in [-0.2, -0.15) is 0 Å². The third kappa shape index (κ3) is 5.91. The SMILES string of the molecule is O=c1cc(N2CCOCC2)cc(-c2cccc3c2Oc2ccc(NC4CCN(CCc5ccncc5)CC4)cc2C3)[nH]1. The molecule has 0 spiro atoms. The Hall–Kier alpha value is -4.14. The third-order valence-corrected chi connectivity index (χ3v) is 8.67. The molecule has 0 radical (unpaired) electrons. The number of aromatic nitrogens is 2. The van der Waals surface area contributed by atoms with Gasteiger partial charge >= 0.3 is 0 Å². The molecule has 0 saturated carbocycles. The Morgan fingerprint density at radius 3 is 2.60 bits per heavy atom. The molecule has 42 heavy (non-hydrogen) atoms. The number of rotatable bonds is 7. The number of aromatic amines is 1. The first-order chi connectivity index (χ1) is 20.7. The number of morpholine rings is 1. The van der Waals surface area contributed by atoms with Crippen molar-refractivity contribution in [1.82, 2.24) is 14.9 Å². The number of hydrogen-bond acceptors (Lipinski definition) is 7. The molecule has 4 aromatic rings. The van der Waals surface area contributed by atoms with Gasteiger partial charge in [-0.3, -0.25) is 9.78 Å². The first-order valence-electron chi connectivity index (χ1n) is 15.1. The molecule has 2 aromatic carbocycles. The van der Waals surface area contributed by atoms with Gasteiger partial charge in [-0.1, -0.05) is 12.1 Å². The maximum absolute atomic E-state index is 12.6. The second-order valence-electron chi connectivity index (χ2n) is 11.5. The number of piperidine rings is 1. The molecule has 0 atom stereocenters. The molecule has 2 fully saturated rings. The number of hydrogen-bond donors (Lipinski definition) is 2. The van der Waals surface area contributed by atoms with Crippen LogP contribution < -0.4 is 20.5 Å². The predicted molar refractivity (Wildman–Crippen MR) is 166 cm³/mol. The van der Waals surface area contributed by atoms with Gasteiger partial charge in [-0.15, -0.1) is 0 Å². The lowest BCUT2D eigenvalue weighted by molar-refractivity contribution is 0.122. The van der Waals surface area contributed by atoms with Crippen LogP contribution in [0.1, 0.15) is 29.5 Å². The molecule has 5 heterocycles. The Morgan fingerprint density at radius 1 is 0.929 bits per heavy atom. The van der Waals surface area contributed by atoms with E-state index in [0.717, 1.165) is 98.1 Å². The first kappa shape index (κ1) is 26.7. The second kappa shape index (κ2) is 12.0. The number of H-pyrrole nitrogens is 1. The van der Waals surface area contributed by atoms with Gasteiger partial charge in [0.2, 0.25) is 5.56 Å². The summed E-state index contributed by atoms with van der Waals surface area (Å²) in [4.78, 5) is 24.6. The molecule has 3 aliphatic rings. The van der Waals surface area contributed by atoms with Crippen molar-refractivity contribution >= 4 is 11.4 Å². The summed E-state index contributed by atoms with van der Waals surface area (Å²) in [5, 5.41) is 3.79. The Labute approximate surface area is 246 Å². The van der Waals surface area contributed by atoms with Gasteiger partial charge < -0.3 is 29.6 Å². The Morgan fingerprint density at radius 2 is 1.76 bits per heavy atom. The van der Waals surface area contributed by atoms with Gasteiger partial charge in [0.05, 0.1) is 18.9 Å². The minimum atomic E-state index is -0.113. The van der Waals surface area contributed by atoms with E-state index >= 15 is 0 Å². The van der Waals surface area contributed by atoms with Crippen molar-refractivity contribution in [3.63, 3.8) is 0 Å². The summed E-state index contributed by atoms with van der Waals surface area (Å²) in [7, 11) is 0.